The van der Waals surface area contributed by atoms with Gasteiger partial charge in [0.05, 0.1) is 6.20 Å². The van der Waals surface area contributed by atoms with Crippen molar-refractivity contribution >= 4 is 47.1 Å². The van der Waals surface area contributed by atoms with Crippen LogP contribution in [0, 0.1) is 0 Å². The van der Waals surface area contributed by atoms with Gasteiger partial charge in [-0.15, -0.1) is 0 Å². The normalized spacial score (nSPS) is 16.8. The van der Waals surface area contributed by atoms with E-state index in [1.807, 2.05) is 30.3 Å². The standard InChI is InChI=1S/C23H23N7O2/c1-13(2)9-14-3-5-16(6-4-14)25-19-11-20(26-17-7-8-17)30-21(28-19)15(12-24-30)10-18-22(31)29-23(32)27-18/h3-6,9-12,17,26H,7-8H2,1-2H3,(H,25,28)(H2,27,29,31,32)/b18-10-. The third-order valence-corrected chi connectivity index (χ3v) is 5.09. The highest BCUT2D eigenvalue weighted by Gasteiger charge is 2.25. The zero-order valence-electron chi connectivity index (χ0n) is 17.8. The van der Waals surface area contributed by atoms with Gasteiger partial charge in [-0.1, -0.05) is 23.8 Å². The molecule has 2 fully saturated rings. The van der Waals surface area contributed by atoms with E-state index < -0.39 is 11.9 Å². The molecule has 1 aliphatic carbocycles. The molecule has 0 spiro atoms. The molecule has 0 atom stereocenters. The number of urea groups is 1. The smallest absolute Gasteiger partial charge is 0.326 e. The Morgan fingerprint density at radius 3 is 2.59 bits per heavy atom. The third-order valence-electron chi connectivity index (χ3n) is 5.09. The number of fused-ring (bicyclic) bond motifs is 1. The average molecular weight is 429 g/mol. The van der Waals surface area contributed by atoms with Gasteiger partial charge in [-0.25, -0.2) is 9.78 Å². The summed E-state index contributed by atoms with van der Waals surface area (Å²) < 4.78 is 1.71. The number of imide groups is 1. The molecule has 2 aliphatic rings. The van der Waals surface area contributed by atoms with Crippen LogP contribution in [-0.4, -0.2) is 32.6 Å². The van der Waals surface area contributed by atoms with E-state index in [9.17, 15) is 9.59 Å². The van der Waals surface area contributed by atoms with Crippen LogP contribution in [0.25, 0.3) is 17.8 Å². The van der Waals surface area contributed by atoms with E-state index in [4.69, 9.17) is 4.98 Å². The first kappa shape index (κ1) is 19.8. The molecule has 32 heavy (non-hydrogen) atoms. The molecule has 0 unspecified atom stereocenters. The van der Waals surface area contributed by atoms with Gasteiger partial charge in [0.15, 0.2) is 5.65 Å². The number of carbonyl (C=O) groups is 2. The number of allylic oxidation sites excluding steroid dienone is 1. The summed E-state index contributed by atoms with van der Waals surface area (Å²) in [6.45, 7) is 4.14. The minimum atomic E-state index is -0.541. The summed E-state index contributed by atoms with van der Waals surface area (Å²) in [5, 5.41) is 16.0. The van der Waals surface area contributed by atoms with Gasteiger partial charge < -0.3 is 16.0 Å². The molecule has 0 radical (unpaired) electrons. The Hall–Kier alpha value is -4.14. The second-order valence-corrected chi connectivity index (χ2v) is 8.22. The molecule has 4 N–H and O–H groups in total. The minimum Gasteiger partial charge on any atom is -0.367 e. The summed E-state index contributed by atoms with van der Waals surface area (Å²) in [5.74, 6) is 0.984. The first-order chi connectivity index (χ1) is 15.4. The minimum absolute atomic E-state index is 0.164. The van der Waals surface area contributed by atoms with E-state index in [-0.39, 0.29) is 5.70 Å². The van der Waals surface area contributed by atoms with Crippen LogP contribution in [0.15, 0.2) is 47.8 Å². The maximum atomic E-state index is 11.9. The van der Waals surface area contributed by atoms with E-state index in [0.717, 1.165) is 29.9 Å². The molecule has 9 heteroatoms. The number of rotatable bonds is 6. The lowest BCUT2D eigenvalue weighted by Crippen LogP contribution is -2.22. The molecule has 162 valence electrons. The predicted octanol–water partition coefficient (Wildman–Crippen LogP) is 3.65. The Kier molecular flexibility index (Phi) is 4.85. The van der Waals surface area contributed by atoms with Crippen molar-refractivity contribution in [1.82, 2.24) is 25.2 Å². The molecular formula is C23H23N7O2. The lowest BCUT2D eigenvalue weighted by atomic mass is 10.1. The maximum absolute atomic E-state index is 11.9. The van der Waals surface area contributed by atoms with Crippen molar-refractivity contribution in [3.8, 4) is 0 Å². The van der Waals surface area contributed by atoms with Crippen molar-refractivity contribution in [2.24, 2.45) is 0 Å². The number of hydrogen-bond acceptors (Lipinski definition) is 6. The van der Waals surface area contributed by atoms with Gasteiger partial charge >= 0.3 is 6.03 Å². The first-order valence-corrected chi connectivity index (χ1v) is 10.5. The van der Waals surface area contributed by atoms with E-state index in [1.54, 1.807) is 16.8 Å². The lowest BCUT2D eigenvalue weighted by Gasteiger charge is -2.12. The number of hydrogen-bond donors (Lipinski definition) is 4. The largest absolute Gasteiger partial charge is 0.367 e. The van der Waals surface area contributed by atoms with E-state index >= 15 is 0 Å². The topological polar surface area (TPSA) is 112 Å². The van der Waals surface area contributed by atoms with Crippen LogP contribution in [0.5, 0.6) is 0 Å². The number of amides is 3. The van der Waals surface area contributed by atoms with Crippen LogP contribution < -0.4 is 21.3 Å². The molecule has 1 saturated carbocycles. The fraction of sp³-hybridized carbons (Fsp3) is 0.217. The summed E-state index contributed by atoms with van der Waals surface area (Å²) in [6.07, 6.45) is 7.55. The molecule has 5 rings (SSSR count). The molecular weight excluding hydrogens is 406 g/mol. The van der Waals surface area contributed by atoms with Crippen LogP contribution >= 0.6 is 0 Å². The second-order valence-electron chi connectivity index (χ2n) is 8.22. The molecule has 9 nitrogen and oxygen atoms in total. The lowest BCUT2D eigenvalue weighted by molar-refractivity contribution is -0.115. The van der Waals surface area contributed by atoms with Crippen LogP contribution in [0.2, 0.25) is 0 Å². The molecule has 3 amide bonds. The van der Waals surface area contributed by atoms with E-state index in [1.165, 1.54) is 5.57 Å². The summed E-state index contributed by atoms with van der Waals surface area (Å²) in [6, 6.07) is 9.91. The summed E-state index contributed by atoms with van der Waals surface area (Å²) in [7, 11) is 0. The number of benzene rings is 1. The number of carbonyl (C=O) groups excluding carboxylic acids is 2. The maximum Gasteiger partial charge on any atom is 0.326 e. The molecule has 1 aliphatic heterocycles. The van der Waals surface area contributed by atoms with Crippen molar-refractivity contribution in [3.63, 3.8) is 0 Å². The number of anilines is 3. The van der Waals surface area contributed by atoms with Gasteiger partial charge in [0.25, 0.3) is 5.91 Å². The Bertz CT molecular complexity index is 1280. The average Bonchev–Trinajstić information content (AvgIpc) is 3.38. The fourth-order valence-corrected chi connectivity index (χ4v) is 3.47. The fourth-order valence-electron chi connectivity index (χ4n) is 3.47. The predicted molar refractivity (Wildman–Crippen MR) is 123 cm³/mol. The van der Waals surface area contributed by atoms with Crippen molar-refractivity contribution in [1.29, 1.82) is 0 Å². The first-order valence-electron chi connectivity index (χ1n) is 10.5. The zero-order chi connectivity index (χ0) is 22.2. The molecule has 0 bridgehead atoms. The van der Waals surface area contributed by atoms with Gasteiger partial charge in [0.1, 0.15) is 17.3 Å². The summed E-state index contributed by atoms with van der Waals surface area (Å²) in [4.78, 5) is 28.1. The number of nitrogens with zero attached hydrogens (tertiary/aromatic N) is 3. The molecule has 3 heterocycles. The van der Waals surface area contributed by atoms with Gasteiger partial charge in [0.2, 0.25) is 0 Å². The Labute approximate surface area is 184 Å². The van der Waals surface area contributed by atoms with Gasteiger partial charge in [-0.3, -0.25) is 10.1 Å². The quantitative estimate of drug-likeness (QED) is 0.351. The zero-order valence-corrected chi connectivity index (χ0v) is 17.8. The summed E-state index contributed by atoms with van der Waals surface area (Å²) in [5.41, 5.74) is 4.64. The Morgan fingerprint density at radius 1 is 1.16 bits per heavy atom. The van der Waals surface area contributed by atoms with Gasteiger partial charge in [-0.05, 0) is 50.5 Å². The monoisotopic (exact) mass is 429 g/mol. The molecule has 1 aromatic carbocycles. The highest BCUT2D eigenvalue weighted by molar-refractivity contribution is 6.14. The molecule has 1 saturated heterocycles. The Morgan fingerprint density at radius 2 is 1.94 bits per heavy atom. The Balaban J connectivity index is 1.51. The third kappa shape index (κ3) is 4.18. The van der Waals surface area contributed by atoms with Crippen LogP contribution in [-0.2, 0) is 4.79 Å². The van der Waals surface area contributed by atoms with E-state index in [2.05, 4.69) is 46.3 Å². The van der Waals surface area contributed by atoms with Crippen LogP contribution in [0.3, 0.4) is 0 Å². The van der Waals surface area contributed by atoms with Gasteiger partial charge in [-0.2, -0.15) is 9.61 Å². The molecule has 3 aromatic rings. The van der Waals surface area contributed by atoms with Crippen molar-refractivity contribution < 1.29 is 9.59 Å². The van der Waals surface area contributed by atoms with Crippen molar-refractivity contribution in [2.45, 2.75) is 32.7 Å². The molecule has 2 aromatic heterocycles. The number of nitrogens with one attached hydrogen (secondary N) is 4. The summed E-state index contributed by atoms with van der Waals surface area (Å²) >= 11 is 0. The van der Waals surface area contributed by atoms with E-state index in [0.29, 0.717) is 23.1 Å². The highest BCUT2D eigenvalue weighted by Crippen LogP contribution is 2.28. The second kappa shape index (κ2) is 7.84. The van der Waals surface area contributed by atoms with Crippen molar-refractivity contribution in [3.05, 3.63) is 58.9 Å². The SMILES string of the molecule is CC(C)=Cc1ccc(Nc2cc(NC3CC3)n3ncc(/C=C4\NC(=O)NC4=O)c3n2)cc1. The van der Waals surface area contributed by atoms with Crippen molar-refractivity contribution in [2.75, 3.05) is 10.6 Å². The van der Waals surface area contributed by atoms with Crippen LogP contribution in [0.4, 0.5) is 22.1 Å². The highest BCUT2D eigenvalue weighted by atomic mass is 16.2. The number of aromatic nitrogens is 3. The van der Waals surface area contributed by atoms with Crippen LogP contribution in [0.1, 0.15) is 37.8 Å². The van der Waals surface area contributed by atoms with Gasteiger partial charge in [0, 0.05) is 23.4 Å².